The van der Waals surface area contributed by atoms with Crippen LogP contribution >= 0.6 is 0 Å². The molecule has 1 aliphatic heterocycles. The second kappa shape index (κ2) is 6.98. The number of ether oxygens (including phenoxy) is 1. The standard InChI is InChI=1S/C14H24F2N2O/c1-5-7-18-8-6-11(2)13(9-18)17-12(3)19-10-14(4,15)16/h5-10H2,1-4H3. The first kappa shape index (κ1) is 16.1. The molecule has 0 bridgehead atoms. The van der Waals surface area contributed by atoms with Gasteiger partial charge in [-0.2, -0.15) is 0 Å². The van der Waals surface area contributed by atoms with Crippen LogP contribution in [0.1, 0.15) is 40.5 Å². The molecular weight excluding hydrogens is 250 g/mol. The molecule has 3 nitrogen and oxygen atoms in total. The van der Waals surface area contributed by atoms with Gasteiger partial charge in [0.1, 0.15) is 0 Å². The Kier molecular flexibility index (Phi) is 5.91. The SMILES string of the molecule is CCCN1CCC(C)=C(N=C(C)OCC(C)(F)F)C1. The third kappa shape index (κ3) is 6.14. The van der Waals surface area contributed by atoms with Gasteiger partial charge in [-0.25, -0.2) is 13.8 Å². The van der Waals surface area contributed by atoms with Crippen LogP contribution < -0.4 is 0 Å². The summed E-state index contributed by atoms with van der Waals surface area (Å²) in [4.78, 5) is 6.68. The summed E-state index contributed by atoms with van der Waals surface area (Å²) in [5, 5.41) is 0. The van der Waals surface area contributed by atoms with Crippen LogP contribution in [-0.4, -0.2) is 43.0 Å². The van der Waals surface area contributed by atoms with Gasteiger partial charge in [-0.1, -0.05) is 6.92 Å². The number of nitrogens with zero attached hydrogens (tertiary/aromatic N) is 2. The van der Waals surface area contributed by atoms with Crippen molar-refractivity contribution in [3.05, 3.63) is 11.3 Å². The molecule has 19 heavy (non-hydrogen) atoms. The highest BCUT2D eigenvalue weighted by molar-refractivity contribution is 5.74. The fraction of sp³-hybridized carbons (Fsp3) is 0.786. The topological polar surface area (TPSA) is 24.8 Å². The van der Waals surface area contributed by atoms with Gasteiger partial charge in [0, 0.05) is 26.9 Å². The molecule has 5 heteroatoms. The van der Waals surface area contributed by atoms with Crippen LogP contribution in [0.3, 0.4) is 0 Å². The Labute approximate surface area is 114 Å². The number of rotatable bonds is 5. The molecule has 1 rings (SSSR count). The van der Waals surface area contributed by atoms with Gasteiger partial charge in [0.25, 0.3) is 5.92 Å². The van der Waals surface area contributed by atoms with Gasteiger partial charge < -0.3 is 4.74 Å². The van der Waals surface area contributed by atoms with E-state index in [4.69, 9.17) is 4.74 Å². The number of aliphatic imine (C=N–C) groups is 1. The number of alkyl halides is 2. The molecule has 0 aromatic carbocycles. The van der Waals surface area contributed by atoms with Crippen molar-refractivity contribution in [2.24, 2.45) is 4.99 Å². The van der Waals surface area contributed by atoms with Gasteiger partial charge >= 0.3 is 0 Å². The molecule has 0 aromatic heterocycles. The summed E-state index contributed by atoms with van der Waals surface area (Å²) < 4.78 is 30.4. The molecule has 0 fully saturated rings. The average molecular weight is 274 g/mol. The first-order chi connectivity index (χ1) is 8.81. The molecule has 0 aliphatic carbocycles. The van der Waals surface area contributed by atoms with Crippen LogP contribution in [0.15, 0.2) is 16.3 Å². The third-order valence-electron chi connectivity index (χ3n) is 3.04. The first-order valence-electron chi connectivity index (χ1n) is 6.78. The van der Waals surface area contributed by atoms with Gasteiger partial charge in [-0.3, -0.25) is 4.90 Å². The lowest BCUT2D eigenvalue weighted by atomic mass is 10.1. The van der Waals surface area contributed by atoms with E-state index in [1.165, 1.54) is 5.57 Å². The zero-order chi connectivity index (χ0) is 14.5. The third-order valence-corrected chi connectivity index (χ3v) is 3.04. The number of halogens is 2. The van der Waals surface area contributed by atoms with Crippen molar-refractivity contribution in [3.8, 4) is 0 Å². The van der Waals surface area contributed by atoms with Crippen molar-refractivity contribution >= 4 is 5.90 Å². The second-order valence-corrected chi connectivity index (χ2v) is 5.24. The molecule has 0 saturated carbocycles. The molecule has 0 atom stereocenters. The largest absolute Gasteiger partial charge is 0.475 e. The van der Waals surface area contributed by atoms with Crippen LogP contribution in [0, 0.1) is 0 Å². The van der Waals surface area contributed by atoms with Crippen molar-refractivity contribution in [2.75, 3.05) is 26.2 Å². The normalized spacial score (nSPS) is 18.9. The Balaban J connectivity index is 2.62. The number of hydrogen-bond donors (Lipinski definition) is 0. The zero-order valence-corrected chi connectivity index (χ0v) is 12.3. The van der Waals surface area contributed by atoms with E-state index in [1.54, 1.807) is 6.92 Å². The molecule has 1 aliphatic rings. The van der Waals surface area contributed by atoms with Crippen LogP contribution in [0.2, 0.25) is 0 Å². The van der Waals surface area contributed by atoms with Gasteiger partial charge in [0.15, 0.2) is 12.5 Å². The van der Waals surface area contributed by atoms with Crippen molar-refractivity contribution in [2.45, 2.75) is 46.5 Å². The van der Waals surface area contributed by atoms with Crippen molar-refractivity contribution < 1.29 is 13.5 Å². The van der Waals surface area contributed by atoms with E-state index >= 15 is 0 Å². The second-order valence-electron chi connectivity index (χ2n) is 5.24. The summed E-state index contributed by atoms with van der Waals surface area (Å²) in [5.74, 6) is -2.50. The van der Waals surface area contributed by atoms with Crippen molar-refractivity contribution in [3.63, 3.8) is 0 Å². The lowest BCUT2D eigenvalue weighted by Gasteiger charge is -2.27. The van der Waals surface area contributed by atoms with Crippen LogP contribution in [0.25, 0.3) is 0 Å². The predicted octanol–water partition coefficient (Wildman–Crippen LogP) is 3.47. The van der Waals surface area contributed by atoms with Crippen molar-refractivity contribution in [1.29, 1.82) is 0 Å². The van der Waals surface area contributed by atoms with Gasteiger partial charge in [0.05, 0.1) is 5.70 Å². The molecule has 0 saturated heterocycles. The lowest BCUT2D eigenvalue weighted by Crippen LogP contribution is -2.32. The molecule has 0 unspecified atom stereocenters. The predicted molar refractivity (Wildman–Crippen MR) is 73.7 cm³/mol. The summed E-state index contributed by atoms with van der Waals surface area (Å²) >= 11 is 0. The summed E-state index contributed by atoms with van der Waals surface area (Å²) in [7, 11) is 0. The number of hydrogen-bond acceptors (Lipinski definition) is 3. The molecule has 0 N–H and O–H groups in total. The molecule has 0 aromatic rings. The van der Waals surface area contributed by atoms with E-state index in [0.717, 1.165) is 45.1 Å². The Morgan fingerprint density at radius 2 is 2.16 bits per heavy atom. The minimum absolute atomic E-state index is 0.314. The molecular formula is C14H24F2N2O. The lowest BCUT2D eigenvalue weighted by molar-refractivity contribution is -0.0273. The van der Waals surface area contributed by atoms with Crippen LogP contribution in [-0.2, 0) is 4.74 Å². The fourth-order valence-electron chi connectivity index (χ4n) is 1.99. The van der Waals surface area contributed by atoms with E-state index in [9.17, 15) is 8.78 Å². The van der Waals surface area contributed by atoms with Gasteiger partial charge in [-0.15, -0.1) is 0 Å². The summed E-state index contributed by atoms with van der Waals surface area (Å²) in [6.45, 7) is 8.91. The smallest absolute Gasteiger partial charge is 0.278 e. The minimum atomic E-state index is -2.82. The van der Waals surface area contributed by atoms with Crippen LogP contribution in [0.4, 0.5) is 8.78 Å². The maximum absolute atomic E-state index is 12.7. The van der Waals surface area contributed by atoms with Gasteiger partial charge in [0.2, 0.25) is 0 Å². The van der Waals surface area contributed by atoms with E-state index in [2.05, 4.69) is 16.8 Å². The Hall–Kier alpha value is -0.970. The Morgan fingerprint density at radius 1 is 1.47 bits per heavy atom. The van der Waals surface area contributed by atoms with E-state index in [-0.39, 0.29) is 0 Å². The maximum atomic E-state index is 12.7. The zero-order valence-electron chi connectivity index (χ0n) is 12.3. The minimum Gasteiger partial charge on any atom is -0.475 e. The average Bonchev–Trinajstić information content (AvgIpc) is 2.30. The molecule has 0 spiro atoms. The summed E-state index contributed by atoms with van der Waals surface area (Å²) in [6, 6.07) is 0. The van der Waals surface area contributed by atoms with E-state index in [0.29, 0.717) is 5.90 Å². The van der Waals surface area contributed by atoms with Crippen LogP contribution in [0.5, 0.6) is 0 Å². The molecule has 0 amide bonds. The van der Waals surface area contributed by atoms with Crippen molar-refractivity contribution in [1.82, 2.24) is 4.90 Å². The Bertz CT molecular complexity index is 359. The molecule has 0 radical (unpaired) electrons. The van der Waals surface area contributed by atoms with Gasteiger partial charge in [-0.05, 0) is 31.9 Å². The summed E-state index contributed by atoms with van der Waals surface area (Å²) in [5.41, 5.74) is 2.18. The monoisotopic (exact) mass is 274 g/mol. The molecule has 1 heterocycles. The Morgan fingerprint density at radius 3 is 2.74 bits per heavy atom. The highest BCUT2D eigenvalue weighted by atomic mass is 19.3. The maximum Gasteiger partial charge on any atom is 0.278 e. The fourth-order valence-corrected chi connectivity index (χ4v) is 1.99. The van der Waals surface area contributed by atoms with E-state index in [1.807, 2.05) is 6.92 Å². The first-order valence-corrected chi connectivity index (χ1v) is 6.78. The quantitative estimate of drug-likeness (QED) is 0.566. The summed E-state index contributed by atoms with van der Waals surface area (Å²) in [6.07, 6.45) is 2.09. The highest BCUT2D eigenvalue weighted by Crippen LogP contribution is 2.19. The molecule has 110 valence electrons. The van der Waals surface area contributed by atoms with E-state index < -0.39 is 12.5 Å². The highest BCUT2D eigenvalue weighted by Gasteiger charge is 2.22.